The first-order valence-electron chi connectivity index (χ1n) is 11.3. The topological polar surface area (TPSA) is 34.1 Å². The highest BCUT2D eigenvalue weighted by Crippen LogP contribution is 2.56. The Kier molecular flexibility index (Phi) is 7.32. The predicted molar refractivity (Wildman–Crippen MR) is 147 cm³/mol. The maximum atomic E-state index is 14.5. The van der Waals surface area contributed by atoms with Gasteiger partial charge in [-0.25, -0.2) is 0 Å². The van der Waals surface area contributed by atoms with Gasteiger partial charge in [0.2, 0.25) is 0 Å². The number of rotatable bonds is 9. The van der Waals surface area contributed by atoms with Gasteiger partial charge in [0.15, 0.2) is 14.3 Å². The van der Waals surface area contributed by atoms with E-state index in [-0.39, 0.29) is 0 Å². The smallest absolute Gasteiger partial charge is 0.166 e. The van der Waals surface area contributed by atoms with Crippen molar-refractivity contribution in [1.82, 2.24) is 0 Å². The van der Waals surface area contributed by atoms with Crippen molar-refractivity contribution in [2.75, 3.05) is 0 Å². The Morgan fingerprint density at radius 3 is 0.853 bits per heavy atom. The first-order chi connectivity index (χ1) is 16.5. The van der Waals surface area contributed by atoms with Gasteiger partial charge in [-0.05, 0) is 23.5 Å². The quantitative estimate of drug-likeness (QED) is 0.245. The van der Waals surface area contributed by atoms with Crippen LogP contribution in [0.15, 0.2) is 145 Å². The lowest BCUT2D eigenvalue weighted by molar-refractivity contribution is 0.587. The molecule has 4 heteroatoms. The summed E-state index contributed by atoms with van der Waals surface area (Å²) in [7, 11) is -6.19. The van der Waals surface area contributed by atoms with Crippen LogP contribution in [0.2, 0.25) is 0 Å². The predicted octanol–water partition coefficient (Wildman–Crippen LogP) is 6.82. The molecular weight excluding hydrogens is 454 g/mol. The molecule has 0 saturated heterocycles. The van der Waals surface area contributed by atoms with Gasteiger partial charge in [0.25, 0.3) is 0 Å². The molecule has 0 aliphatic heterocycles. The van der Waals surface area contributed by atoms with E-state index in [1.54, 1.807) is 0 Å². The Bertz CT molecular complexity index is 1170. The molecule has 0 radical (unpaired) electrons. The van der Waals surface area contributed by atoms with Crippen molar-refractivity contribution >= 4 is 35.5 Å². The molecule has 34 heavy (non-hydrogen) atoms. The van der Waals surface area contributed by atoms with Crippen LogP contribution in [0, 0.1) is 0 Å². The molecule has 0 unspecified atom stereocenters. The highest BCUT2D eigenvalue weighted by Gasteiger charge is 2.33. The zero-order chi connectivity index (χ0) is 24.0. The SMILES string of the molecule is C=C(CCC(=C)P(=O)(c1ccccc1)c1ccccc1)P(=O)(c1ccccc1)c1ccccc1. The highest BCUT2D eigenvalue weighted by molar-refractivity contribution is 7.83. The average molecular weight is 483 g/mol. The van der Waals surface area contributed by atoms with E-state index in [2.05, 4.69) is 13.2 Å². The summed E-state index contributed by atoms with van der Waals surface area (Å²) in [5, 5.41) is 4.30. The van der Waals surface area contributed by atoms with E-state index in [4.69, 9.17) is 0 Å². The molecule has 0 aliphatic carbocycles. The minimum atomic E-state index is -3.09. The summed E-state index contributed by atoms with van der Waals surface area (Å²) in [6.45, 7) is 8.57. The molecule has 0 spiro atoms. The summed E-state index contributed by atoms with van der Waals surface area (Å²) >= 11 is 0. The number of hydrogen-bond acceptors (Lipinski definition) is 2. The summed E-state index contributed by atoms with van der Waals surface area (Å²) in [6.07, 6.45) is 0.868. The molecule has 0 saturated carbocycles. The van der Waals surface area contributed by atoms with Gasteiger partial charge in [-0.2, -0.15) is 0 Å². The molecule has 0 atom stereocenters. The monoisotopic (exact) mass is 482 g/mol. The van der Waals surface area contributed by atoms with Crippen LogP contribution in [-0.4, -0.2) is 0 Å². The summed E-state index contributed by atoms with van der Waals surface area (Å²) in [4.78, 5) is 0. The van der Waals surface area contributed by atoms with Crippen LogP contribution in [0.25, 0.3) is 0 Å². The lowest BCUT2D eigenvalue weighted by Crippen LogP contribution is -2.18. The Hall–Kier alpha value is -3.18. The fourth-order valence-electron chi connectivity index (χ4n) is 4.18. The second-order valence-electron chi connectivity index (χ2n) is 8.19. The van der Waals surface area contributed by atoms with Crippen LogP contribution in [0.3, 0.4) is 0 Å². The fraction of sp³-hybridized carbons (Fsp3) is 0.0667. The lowest BCUT2D eigenvalue weighted by Gasteiger charge is -2.25. The van der Waals surface area contributed by atoms with Crippen LogP contribution < -0.4 is 21.2 Å². The van der Waals surface area contributed by atoms with Gasteiger partial charge in [-0.1, -0.05) is 134 Å². The van der Waals surface area contributed by atoms with Gasteiger partial charge in [0.05, 0.1) is 0 Å². The van der Waals surface area contributed by atoms with Gasteiger partial charge in [-0.15, -0.1) is 0 Å². The summed E-state index contributed by atoms with van der Waals surface area (Å²) < 4.78 is 29.0. The number of hydrogen-bond donors (Lipinski definition) is 0. The Morgan fingerprint density at radius 2 is 0.647 bits per heavy atom. The number of allylic oxidation sites excluding steroid dienone is 2. The Balaban J connectivity index is 1.67. The van der Waals surface area contributed by atoms with Crippen LogP contribution in [-0.2, 0) is 9.13 Å². The molecule has 0 fully saturated rings. The maximum Gasteiger partial charge on any atom is 0.166 e. The molecule has 4 rings (SSSR count). The third-order valence-corrected chi connectivity index (χ3v) is 12.4. The Morgan fingerprint density at radius 1 is 0.441 bits per heavy atom. The van der Waals surface area contributed by atoms with Crippen LogP contribution in [0.1, 0.15) is 12.8 Å². The third-order valence-electron chi connectivity index (χ3n) is 6.07. The molecule has 0 aromatic heterocycles. The van der Waals surface area contributed by atoms with Crippen molar-refractivity contribution in [2.24, 2.45) is 0 Å². The molecule has 0 aliphatic rings. The molecule has 170 valence electrons. The molecule has 4 aromatic carbocycles. The lowest BCUT2D eigenvalue weighted by atomic mass is 10.3. The average Bonchev–Trinajstić information content (AvgIpc) is 2.92. The van der Waals surface area contributed by atoms with E-state index in [0.717, 1.165) is 21.2 Å². The maximum absolute atomic E-state index is 14.5. The second kappa shape index (κ2) is 10.4. The highest BCUT2D eigenvalue weighted by atomic mass is 31.2. The van der Waals surface area contributed by atoms with Crippen molar-refractivity contribution in [3.05, 3.63) is 145 Å². The van der Waals surface area contributed by atoms with E-state index in [0.29, 0.717) is 23.5 Å². The molecule has 0 amide bonds. The molecule has 2 nitrogen and oxygen atoms in total. The van der Waals surface area contributed by atoms with Crippen LogP contribution in [0.5, 0.6) is 0 Å². The van der Waals surface area contributed by atoms with Gasteiger partial charge in [0, 0.05) is 21.2 Å². The van der Waals surface area contributed by atoms with Crippen molar-refractivity contribution in [3.8, 4) is 0 Å². The van der Waals surface area contributed by atoms with Crippen LogP contribution in [0.4, 0.5) is 0 Å². The van der Waals surface area contributed by atoms with E-state index < -0.39 is 14.3 Å². The summed E-state index contributed by atoms with van der Waals surface area (Å²) in [6, 6.07) is 38.0. The van der Waals surface area contributed by atoms with Gasteiger partial charge < -0.3 is 9.13 Å². The Labute approximate surface area is 202 Å². The molecular formula is C30H28O2P2. The second-order valence-corrected chi connectivity index (χ2v) is 14.0. The third kappa shape index (κ3) is 4.58. The van der Waals surface area contributed by atoms with Crippen LogP contribution >= 0.6 is 14.3 Å². The first kappa shape index (κ1) is 24.0. The van der Waals surface area contributed by atoms with E-state index in [1.165, 1.54) is 0 Å². The van der Waals surface area contributed by atoms with E-state index >= 15 is 0 Å². The minimum Gasteiger partial charge on any atom is -0.309 e. The summed E-state index contributed by atoms with van der Waals surface area (Å²) in [5.74, 6) is 0. The van der Waals surface area contributed by atoms with Crippen molar-refractivity contribution in [1.29, 1.82) is 0 Å². The van der Waals surface area contributed by atoms with Gasteiger partial charge >= 0.3 is 0 Å². The fourth-order valence-corrected chi connectivity index (χ4v) is 9.46. The number of benzene rings is 4. The largest absolute Gasteiger partial charge is 0.309 e. The molecule has 4 aromatic rings. The molecule has 0 bridgehead atoms. The normalized spacial score (nSPS) is 11.6. The van der Waals surface area contributed by atoms with E-state index in [1.807, 2.05) is 121 Å². The van der Waals surface area contributed by atoms with Gasteiger partial charge in [-0.3, -0.25) is 0 Å². The van der Waals surface area contributed by atoms with Crippen molar-refractivity contribution in [3.63, 3.8) is 0 Å². The minimum absolute atomic E-state index is 0.434. The first-order valence-corrected chi connectivity index (χ1v) is 14.7. The van der Waals surface area contributed by atoms with Gasteiger partial charge in [0.1, 0.15) is 0 Å². The zero-order valence-electron chi connectivity index (χ0n) is 19.1. The van der Waals surface area contributed by atoms with Crippen molar-refractivity contribution < 1.29 is 9.13 Å². The molecule has 0 heterocycles. The van der Waals surface area contributed by atoms with Crippen molar-refractivity contribution in [2.45, 2.75) is 12.8 Å². The molecule has 0 N–H and O–H groups in total. The summed E-state index contributed by atoms with van der Waals surface area (Å²) in [5.41, 5.74) is 0. The zero-order valence-corrected chi connectivity index (χ0v) is 20.9. The van der Waals surface area contributed by atoms with E-state index in [9.17, 15) is 9.13 Å². The standard InChI is InChI=1S/C30H28O2P2/c1-25(33(31,27-15-7-3-8-16-27)28-17-9-4-10-18-28)23-24-26(2)34(32,29-19-11-5-12-20-29)30-21-13-6-14-22-30/h3-22H,1-2,23-24H2.